The van der Waals surface area contributed by atoms with Crippen molar-refractivity contribution in [3.05, 3.63) is 66.4 Å². The summed E-state index contributed by atoms with van der Waals surface area (Å²) in [6, 6.07) is 13.3. The topological polar surface area (TPSA) is 129 Å². The molecule has 0 saturated heterocycles. The van der Waals surface area contributed by atoms with Gasteiger partial charge in [-0.15, -0.1) is 0 Å². The summed E-state index contributed by atoms with van der Waals surface area (Å²) in [5.41, 5.74) is 0.471. The highest BCUT2D eigenvalue weighted by Crippen LogP contribution is 2.20. The van der Waals surface area contributed by atoms with Crippen LogP contribution in [0.3, 0.4) is 0 Å². The summed E-state index contributed by atoms with van der Waals surface area (Å²) in [5.74, 6) is -0.188. The first kappa shape index (κ1) is 24.8. The van der Waals surface area contributed by atoms with Crippen molar-refractivity contribution in [1.29, 1.82) is 0 Å². The van der Waals surface area contributed by atoms with E-state index in [-0.39, 0.29) is 16.5 Å². The number of amides is 1. The number of nitrogens with zero attached hydrogens (tertiary/aromatic N) is 2. The molecule has 1 amide bonds. The van der Waals surface area contributed by atoms with Gasteiger partial charge in [0.2, 0.25) is 0 Å². The molecular weight excluding hydrogens is 460 g/mol. The molecule has 0 aliphatic rings. The molecule has 3 rings (SSSR count). The number of hydrogen-bond acceptors (Lipinski definition) is 7. The third-order valence-corrected chi connectivity index (χ3v) is 6.20. The fourth-order valence-electron chi connectivity index (χ4n) is 2.98. The van der Waals surface area contributed by atoms with Gasteiger partial charge in [0.05, 0.1) is 23.8 Å². The Bertz CT molecular complexity index is 1250. The maximum atomic E-state index is 12.6. The van der Waals surface area contributed by atoms with Crippen LogP contribution in [-0.4, -0.2) is 43.3 Å². The summed E-state index contributed by atoms with van der Waals surface area (Å²) in [7, 11) is -2.35. The van der Waals surface area contributed by atoms with Crippen molar-refractivity contribution in [2.24, 2.45) is 0 Å². The predicted octanol–water partition coefficient (Wildman–Crippen LogP) is 3.46. The van der Waals surface area contributed by atoms with Crippen molar-refractivity contribution >= 4 is 33.4 Å². The molecule has 34 heavy (non-hydrogen) atoms. The molecule has 1 atom stereocenters. The van der Waals surface area contributed by atoms with E-state index in [2.05, 4.69) is 15.1 Å². The summed E-state index contributed by atoms with van der Waals surface area (Å²) in [5, 5.41) is 6.81. The van der Waals surface area contributed by atoms with E-state index >= 15 is 0 Å². The molecule has 0 saturated carbocycles. The summed E-state index contributed by atoms with van der Waals surface area (Å²) in [4.78, 5) is 24.8. The molecule has 0 aliphatic carbocycles. The zero-order valence-electron chi connectivity index (χ0n) is 19.2. The molecule has 1 aromatic heterocycles. The van der Waals surface area contributed by atoms with Gasteiger partial charge in [-0.05, 0) is 69.3 Å². The van der Waals surface area contributed by atoms with Crippen LogP contribution in [0.25, 0.3) is 0 Å². The number of esters is 1. The Kier molecular flexibility index (Phi) is 7.57. The number of hydrogen-bond donors (Lipinski definition) is 2. The molecule has 0 spiro atoms. The second-order valence-electron chi connectivity index (χ2n) is 7.65. The first-order valence-corrected chi connectivity index (χ1v) is 11.9. The lowest BCUT2D eigenvalue weighted by atomic mass is 10.2. The van der Waals surface area contributed by atoms with Crippen molar-refractivity contribution in [2.75, 3.05) is 17.1 Å². The Balaban J connectivity index is 1.62. The van der Waals surface area contributed by atoms with E-state index in [1.165, 1.54) is 38.3 Å². The number of ether oxygens (including phenoxy) is 2. The van der Waals surface area contributed by atoms with Crippen LogP contribution in [0, 0.1) is 0 Å². The average Bonchev–Trinajstić information content (AvgIpc) is 3.28. The Morgan fingerprint density at radius 2 is 1.62 bits per heavy atom. The number of nitrogens with one attached hydrogen (secondary N) is 2. The number of methoxy groups -OCH3 is 1. The van der Waals surface area contributed by atoms with Gasteiger partial charge in [-0.1, -0.05) is 0 Å². The standard InChI is InChI=1S/C23H26N4O6S/c1-15(2)27-21(13-14-24-27)25-22(28)16(3)33-23(29)17-5-11-20(12-6-17)34(30,31)26-18-7-9-19(32-4)10-8-18/h5-16,26H,1-4H3,(H,25,28). The highest BCUT2D eigenvalue weighted by atomic mass is 32.2. The Hall–Kier alpha value is -3.86. The largest absolute Gasteiger partial charge is 0.497 e. The van der Waals surface area contributed by atoms with Crippen molar-refractivity contribution < 1.29 is 27.5 Å². The fraction of sp³-hybridized carbons (Fsp3) is 0.261. The van der Waals surface area contributed by atoms with Gasteiger partial charge in [-0.3, -0.25) is 9.52 Å². The van der Waals surface area contributed by atoms with Gasteiger partial charge in [-0.2, -0.15) is 5.10 Å². The van der Waals surface area contributed by atoms with E-state index in [4.69, 9.17) is 9.47 Å². The molecule has 11 heteroatoms. The van der Waals surface area contributed by atoms with Crippen molar-refractivity contribution in [1.82, 2.24) is 9.78 Å². The molecule has 0 fully saturated rings. The fourth-order valence-corrected chi connectivity index (χ4v) is 4.04. The van der Waals surface area contributed by atoms with Crippen LogP contribution in [0.5, 0.6) is 5.75 Å². The molecule has 0 bridgehead atoms. The van der Waals surface area contributed by atoms with Crippen LogP contribution in [-0.2, 0) is 19.6 Å². The van der Waals surface area contributed by atoms with Crippen molar-refractivity contribution in [3.8, 4) is 5.75 Å². The van der Waals surface area contributed by atoms with E-state index in [1.54, 1.807) is 41.2 Å². The van der Waals surface area contributed by atoms with Crippen molar-refractivity contribution in [2.45, 2.75) is 37.8 Å². The second-order valence-corrected chi connectivity index (χ2v) is 9.33. The molecule has 180 valence electrons. The van der Waals surface area contributed by atoms with Gasteiger partial charge in [-0.25, -0.2) is 17.9 Å². The third kappa shape index (κ3) is 5.93. The third-order valence-electron chi connectivity index (χ3n) is 4.81. The van der Waals surface area contributed by atoms with Crippen LogP contribution in [0.15, 0.2) is 65.7 Å². The molecule has 1 heterocycles. The van der Waals surface area contributed by atoms with Gasteiger partial charge in [0.15, 0.2) is 6.10 Å². The van der Waals surface area contributed by atoms with E-state index in [1.807, 2.05) is 13.8 Å². The number of carbonyl (C=O) groups excluding carboxylic acids is 2. The van der Waals surface area contributed by atoms with E-state index in [9.17, 15) is 18.0 Å². The summed E-state index contributed by atoms with van der Waals surface area (Å²) < 4.78 is 39.6. The predicted molar refractivity (Wildman–Crippen MR) is 126 cm³/mol. The Morgan fingerprint density at radius 3 is 2.21 bits per heavy atom. The number of benzene rings is 2. The minimum Gasteiger partial charge on any atom is -0.497 e. The lowest BCUT2D eigenvalue weighted by molar-refractivity contribution is -0.123. The Morgan fingerprint density at radius 1 is 0.971 bits per heavy atom. The lowest BCUT2D eigenvalue weighted by Crippen LogP contribution is -2.31. The summed E-state index contributed by atoms with van der Waals surface area (Å²) in [6.07, 6.45) is 0.481. The normalized spacial score (nSPS) is 12.1. The van der Waals surface area contributed by atoms with Crippen LogP contribution >= 0.6 is 0 Å². The molecule has 10 nitrogen and oxygen atoms in total. The first-order chi connectivity index (χ1) is 16.1. The van der Waals surface area contributed by atoms with Gasteiger partial charge < -0.3 is 14.8 Å². The zero-order chi connectivity index (χ0) is 24.9. The molecule has 2 N–H and O–H groups in total. The second kappa shape index (κ2) is 10.4. The highest BCUT2D eigenvalue weighted by molar-refractivity contribution is 7.92. The average molecular weight is 487 g/mol. The maximum absolute atomic E-state index is 12.6. The number of anilines is 2. The van der Waals surface area contributed by atoms with E-state index in [0.29, 0.717) is 17.3 Å². The van der Waals surface area contributed by atoms with Gasteiger partial charge >= 0.3 is 5.97 Å². The monoisotopic (exact) mass is 486 g/mol. The molecule has 0 aliphatic heterocycles. The first-order valence-electron chi connectivity index (χ1n) is 10.4. The quantitative estimate of drug-likeness (QED) is 0.443. The summed E-state index contributed by atoms with van der Waals surface area (Å²) >= 11 is 0. The van der Waals surface area contributed by atoms with Crippen LogP contribution in [0.1, 0.15) is 37.2 Å². The van der Waals surface area contributed by atoms with Gasteiger partial charge in [0, 0.05) is 17.8 Å². The van der Waals surface area contributed by atoms with Crippen LogP contribution < -0.4 is 14.8 Å². The molecular formula is C23H26N4O6S. The summed E-state index contributed by atoms with van der Waals surface area (Å²) in [6.45, 7) is 5.28. The smallest absolute Gasteiger partial charge is 0.338 e. The molecule has 2 aromatic carbocycles. The Labute approximate surface area is 197 Å². The lowest BCUT2D eigenvalue weighted by Gasteiger charge is -2.16. The molecule has 3 aromatic rings. The maximum Gasteiger partial charge on any atom is 0.338 e. The minimum absolute atomic E-state index is 0.0346. The highest BCUT2D eigenvalue weighted by Gasteiger charge is 2.21. The van der Waals surface area contributed by atoms with Crippen LogP contribution in [0.4, 0.5) is 11.5 Å². The van der Waals surface area contributed by atoms with Crippen LogP contribution in [0.2, 0.25) is 0 Å². The van der Waals surface area contributed by atoms with Gasteiger partial charge in [0.25, 0.3) is 15.9 Å². The molecule has 1 unspecified atom stereocenters. The SMILES string of the molecule is COc1ccc(NS(=O)(=O)c2ccc(C(=O)OC(C)C(=O)Nc3ccnn3C(C)C)cc2)cc1. The van der Waals surface area contributed by atoms with Gasteiger partial charge in [0.1, 0.15) is 11.6 Å². The zero-order valence-corrected chi connectivity index (χ0v) is 20.0. The minimum atomic E-state index is -3.87. The number of rotatable bonds is 9. The molecule has 0 radical (unpaired) electrons. The number of sulfonamides is 1. The number of aromatic nitrogens is 2. The number of carbonyl (C=O) groups is 2. The van der Waals surface area contributed by atoms with Crippen molar-refractivity contribution in [3.63, 3.8) is 0 Å². The van der Waals surface area contributed by atoms with E-state index < -0.39 is 28.0 Å². The van der Waals surface area contributed by atoms with E-state index in [0.717, 1.165) is 0 Å².